The van der Waals surface area contributed by atoms with Crippen LogP contribution in [-0.2, 0) is 7.05 Å². The Morgan fingerprint density at radius 3 is 2.30 bits per heavy atom. The third-order valence-corrected chi connectivity index (χ3v) is 1.63. The highest BCUT2D eigenvalue weighted by atomic mass is 15.3. The van der Waals surface area contributed by atoms with Gasteiger partial charge in [-0.3, -0.25) is 4.68 Å². The van der Waals surface area contributed by atoms with Crippen molar-refractivity contribution in [3.63, 3.8) is 0 Å². The summed E-state index contributed by atoms with van der Waals surface area (Å²) in [5, 5.41) is 4.25. The molecule has 0 aromatic carbocycles. The van der Waals surface area contributed by atoms with Crippen molar-refractivity contribution < 1.29 is 0 Å². The molecule has 2 heteroatoms. The van der Waals surface area contributed by atoms with Gasteiger partial charge >= 0.3 is 0 Å². The Balaban J connectivity index is 3.03. The first-order valence-corrected chi connectivity index (χ1v) is 3.62. The van der Waals surface area contributed by atoms with Crippen molar-refractivity contribution in [3.8, 4) is 0 Å². The Bertz CT molecular complexity index is 223. The lowest BCUT2D eigenvalue weighted by molar-refractivity contribution is 0.665. The van der Waals surface area contributed by atoms with Crippen LogP contribution in [0.2, 0.25) is 0 Å². The van der Waals surface area contributed by atoms with E-state index in [0.717, 1.165) is 5.69 Å². The van der Waals surface area contributed by atoms with Crippen molar-refractivity contribution in [2.45, 2.75) is 26.7 Å². The highest BCUT2D eigenvalue weighted by Crippen LogP contribution is 2.13. The normalized spacial score (nSPS) is 10.9. The molecule has 0 aliphatic heterocycles. The van der Waals surface area contributed by atoms with Crippen LogP contribution in [0.15, 0.2) is 6.07 Å². The molecule has 0 bridgehead atoms. The summed E-state index contributed by atoms with van der Waals surface area (Å²) in [6.45, 7) is 6.37. The van der Waals surface area contributed by atoms with Gasteiger partial charge in [-0.1, -0.05) is 13.8 Å². The van der Waals surface area contributed by atoms with Crippen LogP contribution in [0.4, 0.5) is 0 Å². The average molecular weight is 138 g/mol. The number of aryl methyl sites for hydroxylation is 2. The molecule has 10 heavy (non-hydrogen) atoms. The molecule has 0 spiro atoms. The molecule has 1 aromatic rings. The minimum atomic E-state index is 0.575. The van der Waals surface area contributed by atoms with E-state index in [-0.39, 0.29) is 0 Å². The first-order chi connectivity index (χ1) is 4.61. The predicted octanol–water partition coefficient (Wildman–Crippen LogP) is 1.85. The lowest BCUT2D eigenvalue weighted by Gasteiger charge is -2.02. The first kappa shape index (κ1) is 7.32. The Morgan fingerprint density at radius 2 is 2.10 bits per heavy atom. The Hall–Kier alpha value is -0.790. The van der Waals surface area contributed by atoms with Crippen molar-refractivity contribution in [2.24, 2.45) is 7.05 Å². The maximum atomic E-state index is 4.25. The Labute approximate surface area is 61.9 Å². The second-order valence-corrected chi connectivity index (χ2v) is 2.99. The van der Waals surface area contributed by atoms with Gasteiger partial charge in [-0.25, -0.2) is 0 Å². The summed E-state index contributed by atoms with van der Waals surface area (Å²) >= 11 is 0. The number of hydrogen-bond acceptors (Lipinski definition) is 1. The van der Waals surface area contributed by atoms with Gasteiger partial charge in [0.2, 0.25) is 0 Å². The third kappa shape index (κ3) is 1.20. The maximum absolute atomic E-state index is 4.25. The van der Waals surface area contributed by atoms with E-state index in [0.29, 0.717) is 5.92 Å². The predicted molar refractivity (Wildman–Crippen MR) is 42.0 cm³/mol. The molecule has 0 unspecified atom stereocenters. The minimum absolute atomic E-state index is 0.575. The molecule has 1 aromatic heterocycles. The summed E-state index contributed by atoms with van der Waals surface area (Å²) < 4.78 is 1.94. The van der Waals surface area contributed by atoms with Crippen LogP contribution in [0.25, 0.3) is 0 Å². The molecule has 56 valence electrons. The average Bonchev–Trinajstić information content (AvgIpc) is 2.10. The van der Waals surface area contributed by atoms with Crippen LogP contribution in [0.1, 0.15) is 31.2 Å². The van der Waals surface area contributed by atoms with Crippen LogP contribution in [0.3, 0.4) is 0 Å². The molecule has 0 radical (unpaired) electrons. The molecule has 0 fully saturated rings. The molecular formula is C8H14N2. The van der Waals surface area contributed by atoms with Crippen molar-refractivity contribution in [1.82, 2.24) is 9.78 Å². The van der Waals surface area contributed by atoms with Gasteiger partial charge in [0.05, 0.1) is 5.69 Å². The van der Waals surface area contributed by atoms with Crippen LogP contribution in [-0.4, -0.2) is 9.78 Å². The third-order valence-electron chi connectivity index (χ3n) is 1.63. The van der Waals surface area contributed by atoms with E-state index in [1.165, 1.54) is 5.69 Å². The van der Waals surface area contributed by atoms with Crippen LogP contribution in [0.5, 0.6) is 0 Å². The van der Waals surface area contributed by atoms with Crippen molar-refractivity contribution >= 4 is 0 Å². The second-order valence-electron chi connectivity index (χ2n) is 2.99. The van der Waals surface area contributed by atoms with Gasteiger partial charge in [-0.2, -0.15) is 5.10 Å². The fraction of sp³-hybridized carbons (Fsp3) is 0.625. The molecule has 1 heterocycles. The van der Waals surface area contributed by atoms with E-state index >= 15 is 0 Å². The monoisotopic (exact) mass is 138 g/mol. The fourth-order valence-corrected chi connectivity index (χ4v) is 1.17. The van der Waals surface area contributed by atoms with Crippen molar-refractivity contribution in [2.75, 3.05) is 0 Å². The summed E-state index contributed by atoms with van der Waals surface area (Å²) in [6.07, 6.45) is 0. The lowest BCUT2D eigenvalue weighted by atomic mass is 10.1. The van der Waals surface area contributed by atoms with Gasteiger partial charge in [0, 0.05) is 12.7 Å². The minimum Gasteiger partial charge on any atom is -0.272 e. The second kappa shape index (κ2) is 2.45. The van der Waals surface area contributed by atoms with Gasteiger partial charge in [0.15, 0.2) is 0 Å². The van der Waals surface area contributed by atoms with Gasteiger partial charge in [0.1, 0.15) is 0 Å². The molecule has 0 amide bonds. The maximum Gasteiger partial charge on any atom is 0.0596 e. The van der Waals surface area contributed by atoms with E-state index in [4.69, 9.17) is 0 Å². The molecule has 0 saturated heterocycles. The smallest absolute Gasteiger partial charge is 0.0596 e. The fourth-order valence-electron chi connectivity index (χ4n) is 1.17. The van der Waals surface area contributed by atoms with Gasteiger partial charge < -0.3 is 0 Å². The molecule has 0 atom stereocenters. The van der Waals surface area contributed by atoms with Crippen molar-refractivity contribution in [1.29, 1.82) is 0 Å². The van der Waals surface area contributed by atoms with E-state index in [1.54, 1.807) is 0 Å². The molecule has 0 aliphatic rings. The van der Waals surface area contributed by atoms with Crippen LogP contribution >= 0.6 is 0 Å². The van der Waals surface area contributed by atoms with E-state index in [2.05, 4.69) is 25.0 Å². The highest BCUT2D eigenvalue weighted by molar-refractivity contribution is 5.11. The Morgan fingerprint density at radius 1 is 1.50 bits per heavy atom. The summed E-state index contributed by atoms with van der Waals surface area (Å²) in [5.41, 5.74) is 2.41. The molecule has 2 nitrogen and oxygen atoms in total. The van der Waals surface area contributed by atoms with Gasteiger partial charge in [-0.15, -0.1) is 0 Å². The van der Waals surface area contributed by atoms with E-state index < -0.39 is 0 Å². The number of nitrogens with zero attached hydrogens (tertiary/aromatic N) is 2. The number of rotatable bonds is 1. The molecular weight excluding hydrogens is 124 g/mol. The zero-order valence-corrected chi connectivity index (χ0v) is 7.05. The number of aromatic nitrogens is 2. The molecule has 1 rings (SSSR count). The SMILES string of the molecule is Cc1cc(C(C)C)n(C)n1. The molecule has 0 aliphatic carbocycles. The van der Waals surface area contributed by atoms with E-state index in [1.807, 2.05) is 18.7 Å². The summed E-state index contributed by atoms with van der Waals surface area (Å²) in [5.74, 6) is 0.575. The van der Waals surface area contributed by atoms with Gasteiger partial charge in [-0.05, 0) is 18.9 Å². The first-order valence-electron chi connectivity index (χ1n) is 3.62. The zero-order valence-electron chi connectivity index (χ0n) is 7.05. The summed E-state index contributed by atoms with van der Waals surface area (Å²) in [7, 11) is 1.99. The largest absolute Gasteiger partial charge is 0.272 e. The van der Waals surface area contributed by atoms with Crippen LogP contribution < -0.4 is 0 Å². The standard InChI is InChI=1S/C8H14N2/c1-6(2)8-5-7(3)9-10(8)4/h5-6H,1-4H3. The summed E-state index contributed by atoms with van der Waals surface area (Å²) in [6, 6.07) is 2.13. The van der Waals surface area contributed by atoms with Gasteiger partial charge in [0.25, 0.3) is 0 Å². The van der Waals surface area contributed by atoms with E-state index in [9.17, 15) is 0 Å². The quantitative estimate of drug-likeness (QED) is 0.579. The molecule has 0 saturated carbocycles. The molecule has 0 N–H and O–H groups in total. The summed E-state index contributed by atoms with van der Waals surface area (Å²) in [4.78, 5) is 0. The number of hydrogen-bond donors (Lipinski definition) is 0. The van der Waals surface area contributed by atoms with Crippen molar-refractivity contribution in [3.05, 3.63) is 17.5 Å². The highest BCUT2D eigenvalue weighted by Gasteiger charge is 2.04. The topological polar surface area (TPSA) is 17.8 Å². The Kier molecular flexibility index (Phi) is 1.79. The zero-order chi connectivity index (χ0) is 7.72. The lowest BCUT2D eigenvalue weighted by Crippen LogP contribution is -1.99. The van der Waals surface area contributed by atoms with Crippen LogP contribution in [0, 0.1) is 6.92 Å².